The number of hydrogen-bond acceptors (Lipinski definition) is 3. The van der Waals surface area contributed by atoms with E-state index < -0.39 is 0 Å². The quantitative estimate of drug-likeness (QED) is 0.826. The minimum absolute atomic E-state index is 0.257. The van der Waals surface area contributed by atoms with Gasteiger partial charge in [0, 0.05) is 17.8 Å². The van der Waals surface area contributed by atoms with Gasteiger partial charge in [-0.05, 0) is 30.2 Å². The maximum absolute atomic E-state index is 11.8. The first-order chi connectivity index (χ1) is 10.2. The van der Waals surface area contributed by atoms with Crippen molar-refractivity contribution in [3.63, 3.8) is 0 Å². The summed E-state index contributed by atoms with van der Waals surface area (Å²) in [5.74, 6) is 0.255. The summed E-state index contributed by atoms with van der Waals surface area (Å²) >= 11 is 0. The maximum atomic E-state index is 11.8. The van der Waals surface area contributed by atoms with Crippen LogP contribution in [-0.2, 0) is 11.2 Å². The molecule has 2 aromatic rings. The molecule has 5 nitrogen and oxygen atoms in total. The fourth-order valence-electron chi connectivity index (χ4n) is 1.87. The molecule has 0 bridgehead atoms. The predicted octanol–water partition coefficient (Wildman–Crippen LogP) is 2.89. The average molecular weight is 280 g/mol. The lowest BCUT2D eigenvalue weighted by atomic mass is 10.1. The van der Waals surface area contributed by atoms with Gasteiger partial charge in [0.05, 0.1) is 11.6 Å². The normalized spacial score (nSPS) is 10.5. The Hall–Kier alpha value is -2.87. The van der Waals surface area contributed by atoms with Crippen molar-refractivity contribution in [1.29, 1.82) is 5.26 Å². The van der Waals surface area contributed by atoms with Crippen molar-refractivity contribution in [2.24, 2.45) is 0 Å². The van der Waals surface area contributed by atoms with Gasteiger partial charge in [-0.25, -0.2) is 0 Å². The molecule has 0 saturated heterocycles. The first-order valence-electron chi connectivity index (χ1n) is 6.75. The van der Waals surface area contributed by atoms with Gasteiger partial charge in [0.15, 0.2) is 5.82 Å². The van der Waals surface area contributed by atoms with Crippen LogP contribution in [0.2, 0.25) is 0 Å². The van der Waals surface area contributed by atoms with Gasteiger partial charge in [0.25, 0.3) is 0 Å². The number of carbonyl (C=O) groups is 1. The number of anilines is 1. The summed E-state index contributed by atoms with van der Waals surface area (Å²) < 4.78 is 0. The van der Waals surface area contributed by atoms with Crippen LogP contribution < -0.4 is 5.32 Å². The second-order valence-electron chi connectivity index (χ2n) is 4.59. The van der Waals surface area contributed by atoms with E-state index in [-0.39, 0.29) is 5.91 Å². The smallest absolute Gasteiger partial charge is 0.249 e. The minimum atomic E-state index is -0.257. The minimum Gasteiger partial charge on any atom is -0.306 e. The van der Waals surface area contributed by atoms with E-state index >= 15 is 0 Å². The topological polar surface area (TPSA) is 81.6 Å². The molecular formula is C16H16N4O. The molecule has 5 heteroatoms. The Morgan fingerprint density at radius 1 is 1.48 bits per heavy atom. The van der Waals surface area contributed by atoms with Gasteiger partial charge >= 0.3 is 0 Å². The van der Waals surface area contributed by atoms with Crippen LogP contribution in [0.25, 0.3) is 6.08 Å². The summed E-state index contributed by atoms with van der Waals surface area (Å²) in [5, 5.41) is 18.4. The highest BCUT2D eigenvalue weighted by molar-refractivity contribution is 6.01. The van der Waals surface area contributed by atoms with Crippen molar-refractivity contribution in [2.75, 3.05) is 5.32 Å². The zero-order valence-electron chi connectivity index (χ0n) is 11.8. The molecule has 2 rings (SSSR count). The molecule has 0 aliphatic heterocycles. The first kappa shape index (κ1) is 14.5. The standard InChI is InChI=1S/C16H16N4O/c1-2-4-14-10-15(20-19-14)18-16(21)8-7-12-5-3-6-13(9-12)11-17/h3,5-10H,2,4H2,1H3,(H2,18,19,20,21)/b8-7+. The fraction of sp³-hybridized carbons (Fsp3) is 0.188. The van der Waals surface area contributed by atoms with Crippen molar-refractivity contribution < 1.29 is 4.79 Å². The molecule has 0 saturated carbocycles. The molecule has 0 spiro atoms. The number of nitrogens with zero attached hydrogens (tertiary/aromatic N) is 2. The summed E-state index contributed by atoms with van der Waals surface area (Å²) in [7, 11) is 0. The third-order valence-electron chi connectivity index (χ3n) is 2.84. The Morgan fingerprint density at radius 2 is 2.33 bits per heavy atom. The summed E-state index contributed by atoms with van der Waals surface area (Å²) in [6.45, 7) is 2.08. The Bertz CT molecular complexity index is 694. The van der Waals surface area contributed by atoms with Gasteiger partial charge in [0.2, 0.25) is 5.91 Å². The van der Waals surface area contributed by atoms with Crippen molar-refractivity contribution in [3.05, 3.63) is 53.2 Å². The lowest BCUT2D eigenvalue weighted by Crippen LogP contribution is -2.07. The van der Waals surface area contributed by atoms with E-state index in [4.69, 9.17) is 5.26 Å². The summed E-state index contributed by atoms with van der Waals surface area (Å²) in [6.07, 6.45) is 5.00. The largest absolute Gasteiger partial charge is 0.306 e. The molecule has 0 radical (unpaired) electrons. The van der Waals surface area contributed by atoms with Gasteiger partial charge in [-0.3, -0.25) is 9.89 Å². The van der Waals surface area contributed by atoms with E-state index in [1.54, 1.807) is 24.3 Å². The number of nitriles is 1. The number of aryl methyl sites for hydroxylation is 1. The lowest BCUT2D eigenvalue weighted by molar-refractivity contribution is -0.111. The van der Waals surface area contributed by atoms with E-state index in [0.29, 0.717) is 11.4 Å². The van der Waals surface area contributed by atoms with Crippen LogP contribution in [0.5, 0.6) is 0 Å². The molecule has 0 aliphatic rings. The van der Waals surface area contributed by atoms with Gasteiger partial charge in [0.1, 0.15) is 0 Å². The number of H-pyrrole nitrogens is 1. The number of nitrogens with one attached hydrogen (secondary N) is 2. The molecule has 2 N–H and O–H groups in total. The number of amides is 1. The molecule has 21 heavy (non-hydrogen) atoms. The first-order valence-corrected chi connectivity index (χ1v) is 6.75. The number of benzene rings is 1. The fourth-order valence-corrected chi connectivity index (χ4v) is 1.87. The molecule has 1 heterocycles. The molecule has 1 aromatic heterocycles. The molecule has 0 atom stereocenters. The highest BCUT2D eigenvalue weighted by atomic mass is 16.1. The summed E-state index contributed by atoms with van der Waals surface area (Å²) in [4.78, 5) is 11.8. The molecule has 0 fully saturated rings. The van der Waals surface area contributed by atoms with Crippen LogP contribution >= 0.6 is 0 Å². The second kappa shape index (κ2) is 7.06. The van der Waals surface area contributed by atoms with E-state index in [0.717, 1.165) is 24.1 Å². The third kappa shape index (κ3) is 4.32. The van der Waals surface area contributed by atoms with Crippen molar-refractivity contribution in [3.8, 4) is 6.07 Å². The monoisotopic (exact) mass is 280 g/mol. The van der Waals surface area contributed by atoms with Crippen LogP contribution in [0.15, 0.2) is 36.4 Å². The zero-order chi connectivity index (χ0) is 15.1. The maximum Gasteiger partial charge on any atom is 0.249 e. The van der Waals surface area contributed by atoms with Gasteiger partial charge in [-0.15, -0.1) is 0 Å². The van der Waals surface area contributed by atoms with Crippen LogP contribution in [0, 0.1) is 11.3 Å². The predicted molar refractivity (Wildman–Crippen MR) is 81.4 cm³/mol. The highest BCUT2D eigenvalue weighted by Crippen LogP contribution is 2.09. The van der Waals surface area contributed by atoms with Crippen molar-refractivity contribution >= 4 is 17.8 Å². The van der Waals surface area contributed by atoms with Crippen LogP contribution in [0.1, 0.15) is 30.2 Å². The molecule has 1 amide bonds. The zero-order valence-corrected chi connectivity index (χ0v) is 11.8. The summed E-state index contributed by atoms with van der Waals surface area (Å²) in [5.41, 5.74) is 2.37. The molecular weight excluding hydrogens is 264 g/mol. The van der Waals surface area contributed by atoms with Crippen LogP contribution in [0.4, 0.5) is 5.82 Å². The molecule has 0 unspecified atom stereocenters. The SMILES string of the molecule is CCCc1cc(NC(=O)/C=C/c2cccc(C#N)c2)n[nH]1. The van der Waals surface area contributed by atoms with E-state index in [1.807, 2.05) is 12.1 Å². The van der Waals surface area contributed by atoms with Crippen LogP contribution in [0.3, 0.4) is 0 Å². The van der Waals surface area contributed by atoms with Gasteiger partial charge < -0.3 is 5.32 Å². The Kier molecular flexibility index (Phi) is 4.89. The van der Waals surface area contributed by atoms with E-state index in [1.165, 1.54) is 6.08 Å². The summed E-state index contributed by atoms with van der Waals surface area (Å²) in [6, 6.07) is 10.9. The van der Waals surface area contributed by atoms with E-state index in [9.17, 15) is 4.79 Å². The molecule has 0 aliphatic carbocycles. The van der Waals surface area contributed by atoms with Gasteiger partial charge in [-0.2, -0.15) is 10.4 Å². The Labute approximate surface area is 123 Å². The van der Waals surface area contributed by atoms with Crippen LogP contribution in [-0.4, -0.2) is 16.1 Å². The number of carbonyl (C=O) groups excluding carboxylic acids is 1. The van der Waals surface area contributed by atoms with Gasteiger partial charge in [-0.1, -0.05) is 25.5 Å². The third-order valence-corrected chi connectivity index (χ3v) is 2.84. The Balaban J connectivity index is 1.97. The lowest BCUT2D eigenvalue weighted by Gasteiger charge is -1.96. The molecule has 106 valence electrons. The van der Waals surface area contributed by atoms with Crippen molar-refractivity contribution in [2.45, 2.75) is 19.8 Å². The average Bonchev–Trinajstić information content (AvgIpc) is 2.93. The molecule has 1 aromatic carbocycles. The Morgan fingerprint density at radius 3 is 3.10 bits per heavy atom. The number of aromatic amines is 1. The van der Waals surface area contributed by atoms with E-state index in [2.05, 4.69) is 28.5 Å². The number of aromatic nitrogens is 2. The second-order valence-corrected chi connectivity index (χ2v) is 4.59. The number of hydrogen-bond donors (Lipinski definition) is 2. The number of rotatable bonds is 5. The highest BCUT2D eigenvalue weighted by Gasteiger charge is 2.03. The van der Waals surface area contributed by atoms with Crippen molar-refractivity contribution in [1.82, 2.24) is 10.2 Å².